The number of nitrogens with zero attached hydrogens (tertiary/aromatic N) is 2. The van der Waals surface area contributed by atoms with Gasteiger partial charge in [0.2, 0.25) is 5.91 Å². The van der Waals surface area contributed by atoms with Gasteiger partial charge in [-0.25, -0.2) is 0 Å². The van der Waals surface area contributed by atoms with Crippen LogP contribution in [0.3, 0.4) is 0 Å². The topological polar surface area (TPSA) is 68.8 Å². The molecule has 1 aliphatic heterocycles. The van der Waals surface area contributed by atoms with Crippen LogP contribution in [0.5, 0.6) is 0 Å². The molecule has 1 aromatic rings. The second-order valence-electron chi connectivity index (χ2n) is 7.04. The summed E-state index contributed by atoms with van der Waals surface area (Å²) in [6.45, 7) is 8.77. The van der Waals surface area contributed by atoms with Crippen molar-refractivity contribution in [1.82, 2.24) is 16.0 Å². The summed E-state index contributed by atoms with van der Waals surface area (Å²) >= 11 is 0. The van der Waals surface area contributed by atoms with Gasteiger partial charge in [-0.2, -0.15) is 0 Å². The molecule has 1 saturated heterocycles. The fraction of sp³-hybridized carbons (Fsp3) is 0.600. The zero-order valence-electron chi connectivity index (χ0n) is 16.5. The molecule has 26 heavy (non-hydrogen) atoms. The Balaban J connectivity index is 1.73. The molecule has 6 nitrogen and oxygen atoms in total. The molecule has 2 unspecified atom stereocenters. The molecule has 3 N–H and O–H groups in total. The zero-order valence-corrected chi connectivity index (χ0v) is 16.5. The van der Waals surface area contributed by atoms with Gasteiger partial charge in [0.25, 0.3) is 0 Å². The molecule has 1 aliphatic rings. The van der Waals surface area contributed by atoms with Crippen molar-refractivity contribution in [2.45, 2.75) is 52.1 Å². The standard InChI is InChI=1S/C20H33N5O/c1-5-16(3)23-19(26)10-12-22-20(21-4)24-17-11-13-25(14-17)18-8-6-15(2)7-9-18/h6-9,16-17H,5,10-14H2,1-4H3,(H,23,26)(H2,21,22,24). The minimum Gasteiger partial charge on any atom is -0.369 e. The smallest absolute Gasteiger partial charge is 0.221 e. The number of anilines is 1. The van der Waals surface area contributed by atoms with Crippen LogP contribution in [-0.2, 0) is 4.79 Å². The van der Waals surface area contributed by atoms with Gasteiger partial charge in [-0.3, -0.25) is 9.79 Å². The Morgan fingerprint density at radius 3 is 2.73 bits per heavy atom. The van der Waals surface area contributed by atoms with Crippen molar-refractivity contribution < 1.29 is 4.79 Å². The van der Waals surface area contributed by atoms with E-state index in [4.69, 9.17) is 0 Å². The second-order valence-corrected chi connectivity index (χ2v) is 7.04. The van der Waals surface area contributed by atoms with E-state index in [1.54, 1.807) is 7.05 Å². The zero-order chi connectivity index (χ0) is 18.9. The van der Waals surface area contributed by atoms with Gasteiger partial charge in [0.1, 0.15) is 0 Å². The molecule has 1 aromatic carbocycles. The molecule has 144 valence electrons. The van der Waals surface area contributed by atoms with Crippen LogP contribution in [0.1, 0.15) is 38.7 Å². The van der Waals surface area contributed by atoms with Crippen LogP contribution in [0.25, 0.3) is 0 Å². The second kappa shape index (κ2) is 10.0. The van der Waals surface area contributed by atoms with Gasteiger partial charge < -0.3 is 20.9 Å². The number of carbonyl (C=O) groups is 1. The summed E-state index contributed by atoms with van der Waals surface area (Å²) in [4.78, 5) is 18.5. The molecule has 1 heterocycles. The van der Waals surface area contributed by atoms with Crippen molar-refractivity contribution in [1.29, 1.82) is 0 Å². The van der Waals surface area contributed by atoms with Crippen molar-refractivity contribution >= 4 is 17.6 Å². The number of rotatable bonds is 7. The van der Waals surface area contributed by atoms with E-state index >= 15 is 0 Å². The lowest BCUT2D eigenvalue weighted by molar-refractivity contribution is -0.121. The molecule has 0 aromatic heterocycles. The molecule has 0 saturated carbocycles. The van der Waals surface area contributed by atoms with Crippen molar-refractivity contribution in [3.63, 3.8) is 0 Å². The number of aliphatic imine (C=N–C) groups is 1. The van der Waals surface area contributed by atoms with Crippen molar-refractivity contribution in [2.24, 2.45) is 4.99 Å². The van der Waals surface area contributed by atoms with Crippen molar-refractivity contribution in [3.05, 3.63) is 29.8 Å². The largest absolute Gasteiger partial charge is 0.369 e. The van der Waals surface area contributed by atoms with Crippen LogP contribution in [0.4, 0.5) is 5.69 Å². The lowest BCUT2D eigenvalue weighted by Crippen LogP contribution is -2.45. The van der Waals surface area contributed by atoms with Gasteiger partial charge >= 0.3 is 0 Å². The summed E-state index contributed by atoms with van der Waals surface area (Å²) in [6, 6.07) is 9.26. The van der Waals surface area contributed by atoms with Crippen LogP contribution in [0.2, 0.25) is 0 Å². The lowest BCUT2D eigenvalue weighted by atomic mass is 10.2. The highest BCUT2D eigenvalue weighted by atomic mass is 16.1. The molecule has 0 radical (unpaired) electrons. The highest BCUT2D eigenvalue weighted by Gasteiger charge is 2.23. The number of amides is 1. The Bertz CT molecular complexity index is 599. The molecule has 2 rings (SSSR count). The first kappa shape index (κ1) is 20.1. The van der Waals surface area contributed by atoms with Crippen molar-refractivity contribution in [2.75, 3.05) is 31.6 Å². The van der Waals surface area contributed by atoms with Crippen LogP contribution in [-0.4, -0.2) is 50.6 Å². The lowest BCUT2D eigenvalue weighted by Gasteiger charge is -2.20. The van der Waals surface area contributed by atoms with Crippen LogP contribution >= 0.6 is 0 Å². The van der Waals surface area contributed by atoms with Gasteiger partial charge in [0, 0.05) is 50.9 Å². The van der Waals surface area contributed by atoms with E-state index in [0.29, 0.717) is 19.0 Å². The van der Waals surface area contributed by atoms with Crippen LogP contribution in [0.15, 0.2) is 29.3 Å². The molecule has 2 atom stereocenters. The number of hydrogen-bond donors (Lipinski definition) is 3. The van der Waals surface area contributed by atoms with Crippen LogP contribution < -0.4 is 20.9 Å². The fourth-order valence-electron chi connectivity index (χ4n) is 3.00. The monoisotopic (exact) mass is 359 g/mol. The number of hydrogen-bond acceptors (Lipinski definition) is 3. The van der Waals surface area contributed by atoms with E-state index in [0.717, 1.165) is 31.9 Å². The first-order valence-corrected chi connectivity index (χ1v) is 9.60. The molecule has 1 fully saturated rings. The number of benzene rings is 1. The minimum absolute atomic E-state index is 0.0775. The first-order valence-electron chi connectivity index (χ1n) is 9.60. The summed E-state index contributed by atoms with van der Waals surface area (Å²) in [6.07, 6.45) is 2.47. The van der Waals surface area contributed by atoms with Crippen LogP contribution in [0, 0.1) is 6.92 Å². The molecule has 1 amide bonds. The van der Waals surface area contributed by atoms with E-state index < -0.39 is 0 Å². The SMILES string of the molecule is CCC(C)NC(=O)CCNC(=NC)NC1CCN(c2ccc(C)cc2)C1. The quantitative estimate of drug-likeness (QED) is 0.515. The summed E-state index contributed by atoms with van der Waals surface area (Å²) in [5.41, 5.74) is 2.55. The van der Waals surface area contributed by atoms with E-state index in [2.05, 4.69) is 64.0 Å². The maximum atomic E-state index is 11.8. The minimum atomic E-state index is 0.0775. The third-order valence-corrected chi connectivity index (χ3v) is 4.82. The maximum Gasteiger partial charge on any atom is 0.221 e. The summed E-state index contributed by atoms with van der Waals surface area (Å²) in [5.74, 6) is 0.839. The normalized spacial score (nSPS) is 18.5. The Kier molecular flexibility index (Phi) is 7.75. The van der Waals surface area contributed by atoms with E-state index in [9.17, 15) is 4.79 Å². The van der Waals surface area contributed by atoms with E-state index in [1.807, 2.05) is 6.92 Å². The molecule has 0 bridgehead atoms. The van der Waals surface area contributed by atoms with Gasteiger partial charge in [-0.15, -0.1) is 0 Å². The highest BCUT2D eigenvalue weighted by Crippen LogP contribution is 2.20. The van der Waals surface area contributed by atoms with Gasteiger partial charge in [0.05, 0.1) is 0 Å². The average molecular weight is 360 g/mol. The Labute approximate surface area is 157 Å². The molecular weight excluding hydrogens is 326 g/mol. The molecular formula is C20H33N5O. The molecule has 0 aliphatic carbocycles. The predicted molar refractivity (Wildman–Crippen MR) is 109 cm³/mol. The molecule has 6 heteroatoms. The van der Waals surface area contributed by atoms with Gasteiger partial charge in [-0.1, -0.05) is 24.6 Å². The fourth-order valence-corrected chi connectivity index (χ4v) is 3.00. The van der Waals surface area contributed by atoms with E-state index in [-0.39, 0.29) is 11.9 Å². The highest BCUT2D eigenvalue weighted by molar-refractivity contribution is 5.81. The van der Waals surface area contributed by atoms with Crippen molar-refractivity contribution in [3.8, 4) is 0 Å². The maximum absolute atomic E-state index is 11.8. The Morgan fingerprint density at radius 2 is 2.08 bits per heavy atom. The summed E-state index contributed by atoms with van der Waals surface area (Å²) in [5, 5.41) is 9.68. The number of guanidine groups is 1. The number of aryl methyl sites for hydroxylation is 1. The summed E-state index contributed by atoms with van der Waals surface area (Å²) < 4.78 is 0. The first-order chi connectivity index (χ1) is 12.5. The number of carbonyl (C=O) groups excluding carboxylic acids is 1. The predicted octanol–water partition coefficient (Wildman–Crippen LogP) is 2.04. The number of nitrogens with one attached hydrogen (secondary N) is 3. The third-order valence-electron chi connectivity index (χ3n) is 4.82. The van der Waals surface area contributed by atoms with Gasteiger partial charge in [-0.05, 0) is 38.8 Å². The Hall–Kier alpha value is -2.24. The summed E-state index contributed by atoms with van der Waals surface area (Å²) in [7, 11) is 1.77. The van der Waals surface area contributed by atoms with Gasteiger partial charge in [0.15, 0.2) is 5.96 Å². The third kappa shape index (κ3) is 6.24. The molecule has 0 spiro atoms. The Morgan fingerprint density at radius 1 is 1.35 bits per heavy atom. The average Bonchev–Trinajstić information content (AvgIpc) is 3.09. The van der Waals surface area contributed by atoms with E-state index in [1.165, 1.54) is 11.3 Å².